The first kappa shape index (κ1) is 20.5. The Morgan fingerprint density at radius 1 is 1.38 bits per heavy atom. The highest BCUT2D eigenvalue weighted by Crippen LogP contribution is 2.17. The maximum absolute atomic E-state index is 12.0. The predicted octanol–water partition coefficient (Wildman–Crippen LogP) is 1.32. The Morgan fingerprint density at radius 2 is 2.12 bits per heavy atom. The van der Waals surface area contributed by atoms with Gasteiger partial charge in [-0.1, -0.05) is 17.7 Å². The number of carbonyl (C=O) groups excluding carboxylic acids is 1. The van der Waals surface area contributed by atoms with Gasteiger partial charge in [-0.3, -0.25) is 19.4 Å². The third-order valence-corrected chi connectivity index (χ3v) is 4.66. The normalized spacial score (nSPS) is 15.8. The van der Waals surface area contributed by atoms with E-state index in [1.54, 1.807) is 12.1 Å². The molecular formula is C18H26ClN3O4. The molecule has 26 heavy (non-hydrogen) atoms. The highest BCUT2D eigenvalue weighted by atomic mass is 35.5. The lowest BCUT2D eigenvalue weighted by atomic mass is 10.0. The number of likely N-dealkylation sites (N-methyl/N-ethyl adjacent to an activating group) is 1. The molecule has 1 aromatic rings. The van der Waals surface area contributed by atoms with Crippen molar-refractivity contribution in [3.63, 3.8) is 0 Å². The topological polar surface area (TPSA) is 82.1 Å². The number of nitrogens with zero attached hydrogens (tertiary/aromatic N) is 2. The molecule has 2 rings (SSSR count). The molecule has 1 aromatic carbocycles. The van der Waals surface area contributed by atoms with E-state index in [4.69, 9.17) is 21.4 Å². The van der Waals surface area contributed by atoms with Crippen molar-refractivity contribution in [3.8, 4) is 5.75 Å². The van der Waals surface area contributed by atoms with E-state index in [1.807, 2.05) is 24.1 Å². The molecule has 1 fully saturated rings. The van der Waals surface area contributed by atoms with Gasteiger partial charge in [0.1, 0.15) is 12.4 Å². The van der Waals surface area contributed by atoms with Crippen molar-refractivity contribution in [2.75, 3.05) is 46.4 Å². The lowest BCUT2D eigenvalue weighted by molar-refractivity contribution is -0.138. The van der Waals surface area contributed by atoms with E-state index in [0.717, 1.165) is 25.9 Å². The number of hydrogen-bond acceptors (Lipinski definition) is 5. The third-order valence-electron chi connectivity index (χ3n) is 4.42. The molecule has 144 valence electrons. The van der Waals surface area contributed by atoms with Crippen molar-refractivity contribution in [2.45, 2.75) is 18.9 Å². The summed E-state index contributed by atoms with van der Waals surface area (Å²) in [6.07, 6.45) is 1.74. The van der Waals surface area contributed by atoms with Gasteiger partial charge in [0.15, 0.2) is 0 Å². The van der Waals surface area contributed by atoms with Crippen molar-refractivity contribution in [1.82, 2.24) is 15.1 Å². The van der Waals surface area contributed by atoms with E-state index < -0.39 is 5.97 Å². The Hall–Kier alpha value is -1.83. The fourth-order valence-corrected chi connectivity index (χ4v) is 3.22. The lowest BCUT2D eigenvalue weighted by Gasteiger charge is -2.35. The van der Waals surface area contributed by atoms with Crippen LogP contribution in [0.5, 0.6) is 5.75 Å². The van der Waals surface area contributed by atoms with Crippen LogP contribution < -0.4 is 10.1 Å². The second-order valence-corrected chi connectivity index (χ2v) is 6.91. The second-order valence-electron chi connectivity index (χ2n) is 6.47. The summed E-state index contributed by atoms with van der Waals surface area (Å²) >= 11 is 5.88. The molecule has 2 N–H and O–H groups in total. The smallest absolute Gasteiger partial charge is 0.317 e. The maximum atomic E-state index is 12.0. The first-order chi connectivity index (χ1) is 12.4. The minimum absolute atomic E-state index is 0.0305. The standard InChI is InChI=1S/C18H26ClN3O4/c1-21(13-18(24)25)15-5-8-22(9-6-15)12-17(23)20-7-10-26-16-4-2-3-14(19)11-16/h2-4,11,15H,5-10,12-13H2,1H3,(H,20,23)(H,24,25). The van der Waals surface area contributed by atoms with Crippen LogP contribution in [0.25, 0.3) is 0 Å². The largest absolute Gasteiger partial charge is 0.492 e. The molecule has 8 heteroatoms. The molecule has 1 saturated heterocycles. The van der Waals surface area contributed by atoms with Crippen molar-refractivity contribution in [1.29, 1.82) is 0 Å². The fraction of sp³-hybridized carbons (Fsp3) is 0.556. The van der Waals surface area contributed by atoms with Crippen molar-refractivity contribution < 1.29 is 19.4 Å². The summed E-state index contributed by atoms with van der Waals surface area (Å²) in [5.74, 6) is -0.161. The summed E-state index contributed by atoms with van der Waals surface area (Å²) < 4.78 is 5.53. The van der Waals surface area contributed by atoms with Crippen LogP contribution in [0.2, 0.25) is 5.02 Å². The summed E-state index contributed by atoms with van der Waals surface area (Å²) in [6.45, 7) is 2.81. The van der Waals surface area contributed by atoms with Crippen LogP contribution in [0.3, 0.4) is 0 Å². The Balaban J connectivity index is 1.59. The average molecular weight is 384 g/mol. The molecule has 1 heterocycles. The molecule has 1 aliphatic heterocycles. The Morgan fingerprint density at radius 3 is 2.77 bits per heavy atom. The highest BCUT2D eigenvalue weighted by molar-refractivity contribution is 6.30. The molecule has 0 saturated carbocycles. The predicted molar refractivity (Wildman–Crippen MR) is 99.7 cm³/mol. The van der Waals surface area contributed by atoms with Gasteiger partial charge in [-0.15, -0.1) is 0 Å². The monoisotopic (exact) mass is 383 g/mol. The number of ether oxygens (including phenoxy) is 1. The number of carboxylic acids is 1. The molecule has 1 amide bonds. The number of nitrogens with one attached hydrogen (secondary N) is 1. The fourth-order valence-electron chi connectivity index (χ4n) is 3.04. The Kier molecular flexibility index (Phi) is 8.15. The van der Waals surface area contributed by atoms with E-state index in [0.29, 0.717) is 30.5 Å². The molecule has 0 unspecified atom stereocenters. The molecule has 0 aromatic heterocycles. The van der Waals surface area contributed by atoms with E-state index in [-0.39, 0.29) is 18.5 Å². The zero-order valence-electron chi connectivity index (χ0n) is 15.0. The zero-order chi connectivity index (χ0) is 18.9. The van der Waals surface area contributed by atoms with Crippen LogP contribution in [0, 0.1) is 0 Å². The number of carbonyl (C=O) groups is 2. The van der Waals surface area contributed by atoms with Gasteiger partial charge in [0.05, 0.1) is 19.6 Å². The van der Waals surface area contributed by atoms with Gasteiger partial charge in [0, 0.05) is 24.2 Å². The average Bonchev–Trinajstić information content (AvgIpc) is 2.59. The maximum Gasteiger partial charge on any atom is 0.317 e. The van der Waals surface area contributed by atoms with Gasteiger partial charge in [-0.25, -0.2) is 0 Å². The number of halogens is 1. The Bertz CT molecular complexity index is 606. The van der Waals surface area contributed by atoms with Gasteiger partial charge in [-0.2, -0.15) is 0 Å². The number of rotatable bonds is 9. The molecule has 0 spiro atoms. The number of carboxylic acid groups (broad SMARTS) is 1. The first-order valence-electron chi connectivity index (χ1n) is 8.73. The van der Waals surface area contributed by atoms with Crippen molar-refractivity contribution in [2.24, 2.45) is 0 Å². The van der Waals surface area contributed by atoms with E-state index in [1.165, 1.54) is 0 Å². The van der Waals surface area contributed by atoms with Gasteiger partial charge in [-0.05, 0) is 38.1 Å². The van der Waals surface area contributed by atoms with Crippen LogP contribution in [0.15, 0.2) is 24.3 Å². The van der Waals surface area contributed by atoms with E-state index >= 15 is 0 Å². The first-order valence-corrected chi connectivity index (χ1v) is 9.11. The summed E-state index contributed by atoms with van der Waals surface area (Å²) in [4.78, 5) is 26.8. The molecular weight excluding hydrogens is 358 g/mol. The van der Waals surface area contributed by atoms with E-state index in [9.17, 15) is 9.59 Å². The van der Waals surface area contributed by atoms with Gasteiger partial charge in [0.2, 0.25) is 5.91 Å². The second kappa shape index (κ2) is 10.4. The van der Waals surface area contributed by atoms with Crippen LogP contribution in [0.1, 0.15) is 12.8 Å². The molecule has 0 radical (unpaired) electrons. The van der Waals surface area contributed by atoms with Crippen LogP contribution in [-0.2, 0) is 9.59 Å². The third kappa shape index (κ3) is 7.19. The van der Waals surface area contributed by atoms with Crippen molar-refractivity contribution in [3.05, 3.63) is 29.3 Å². The Labute approximate surface area is 158 Å². The van der Waals surface area contributed by atoms with Gasteiger partial charge < -0.3 is 15.2 Å². The molecule has 1 aliphatic rings. The van der Waals surface area contributed by atoms with Gasteiger partial charge in [0.25, 0.3) is 0 Å². The summed E-state index contributed by atoms with van der Waals surface area (Å²) in [5, 5.41) is 12.3. The van der Waals surface area contributed by atoms with Crippen LogP contribution in [0.4, 0.5) is 0 Å². The van der Waals surface area contributed by atoms with Crippen LogP contribution >= 0.6 is 11.6 Å². The summed E-state index contributed by atoms with van der Waals surface area (Å²) in [5.41, 5.74) is 0. The number of hydrogen-bond donors (Lipinski definition) is 2. The van der Waals surface area contributed by atoms with E-state index in [2.05, 4.69) is 10.2 Å². The summed E-state index contributed by atoms with van der Waals surface area (Å²) in [6, 6.07) is 7.40. The van der Waals surface area contributed by atoms with Crippen molar-refractivity contribution >= 4 is 23.5 Å². The van der Waals surface area contributed by atoms with Crippen LogP contribution in [-0.4, -0.2) is 79.2 Å². The number of benzene rings is 1. The minimum Gasteiger partial charge on any atom is -0.492 e. The SMILES string of the molecule is CN(CC(=O)O)C1CCN(CC(=O)NCCOc2cccc(Cl)c2)CC1. The minimum atomic E-state index is -0.811. The lowest BCUT2D eigenvalue weighted by Crippen LogP contribution is -2.47. The molecule has 0 aliphatic carbocycles. The zero-order valence-corrected chi connectivity index (χ0v) is 15.7. The number of aliphatic carboxylic acids is 1. The molecule has 0 atom stereocenters. The molecule has 0 bridgehead atoms. The number of amides is 1. The number of piperidine rings is 1. The van der Waals surface area contributed by atoms with Gasteiger partial charge >= 0.3 is 5.97 Å². The quantitative estimate of drug-likeness (QED) is 0.626. The molecule has 7 nitrogen and oxygen atoms in total. The number of likely N-dealkylation sites (tertiary alicyclic amines) is 1. The summed E-state index contributed by atoms with van der Waals surface area (Å²) in [7, 11) is 1.83. The highest BCUT2D eigenvalue weighted by Gasteiger charge is 2.24.